The Balaban J connectivity index is 1.00. The molecule has 0 radical (unpaired) electrons. The molecule has 0 amide bonds. The van der Waals surface area contributed by atoms with Crippen LogP contribution in [0.3, 0.4) is 0 Å². The maximum atomic E-state index is 10.6. The van der Waals surface area contributed by atoms with Gasteiger partial charge in [-0.2, -0.15) is 0 Å². The highest BCUT2D eigenvalue weighted by molar-refractivity contribution is 5.46. The highest BCUT2D eigenvalue weighted by atomic mass is 16.8. The van der Waals surface area contributed by atoms with Crippen LogP contribution < -0.4 is 0 Å². The predicted molar refractivity (Wildman–Crippen MR) is 160 cm³/mol. The largest absolute Gasteiger partial charge is 0.388 e. The summed E-state index contributed by atoms with van der Waals surface area (Å²) in [7, 11) is 0. The van der Waals surface area contributed by atoms with Crippen LogP contribution in [-0.2, 0) is 23.7 Å². The quantitative estimate of drug-likeness (QED) is 0.309. The third-order valence-electron chi connectivity index (χ3n) is 16.0. The molecule has 5 aliphatic carbocycles. The molecular weight excluding hydrogens is 560 g/mol. The van der Waals surface area contributed by atoms with Gasteiger partial charge in [0.15, 0.2) is 12.1 Å². The zero-order chi connectivity index (χ0) is 30.9. The van der Waals surface area contributed by atoms with E-state index in [1.165, 1.54) is 19.3 Å². The van der Waals surface area contributed by atoms with Gasteiger partial charge in [-0.15, -0.1) is 0 Å². The van der Waals surface area contributed by atoms with Gasteiger partial charge in [0.05, 0.1) is 31.0 Å². The first-order valence-electron chi connectivity index (χ1n) is 17.7. The van der Waals surface area contributed by atoms with Crippen molar-refractivity contribution in [3.8, 4) is 0 Å². The van der Waals surface area contributed by atoms with Crippen LogP contribution in [0, 0.1) is 44.8 Å². The molecule has 0 bridgehead atoms. The van der Waals surface area contributed by atoms with E-state index in [9.17, 15) is 15.3 Å². The molecule has 0 unspecified atom stereocenters. The minimum Gasteiger partial charge on any atom is -0.388 e. The Bertz CT molecular complexity index is 1280. The molecule has 9 rings (SSSR count). The molecule has 16 atom stereocenters. The van der Waals surface area contributed by atoms with Gasteiger partial charge in [-0.25, -0.2) is 0 Å². The SMILES string of the molecule is C[C@@H]1C[C@]2(OCC[C@]3(C)O[C@H]23)O[C@H]2C[C@@]3(C)C4=CC[C@H]5C(C)(C)[C@@H](O[C@@H]6OC[C@@H](O)[C@H](O)[C@H]6O)CC[C@@]56C[C@@]46CC[C@]3(C)[C@@H]12. The molecule has 4 aliphatic heterocycles. The summed E-state index contributed by atoms with van der Waals surface area (Å²) in [5.74, 6) is 0.958. The van der Waals surface area contributed by atoms with E-state index in [-0.39, 0.29) is 52.2 Å². The maximum absolute atomic E-state index is 10.6. The lowest BCUT2D eigenvalue weighted by atomic mass is 9.45. The van der Waals surface area contributed by atoms with E-state index < -0.39 is 30.4 Å². The predicted octanol–water partition coefficient (Wildman–Crippen LogP) is 4.48. The minimum atomic E-state index is -1.25. The van der Waals surface area contributed by atoms with Crippen molar-refractivity contribution in [2.45, 2.75) is 154 Å². The summed E-state index contributed by atoms with van der Waals surface area (Å²) >= 11 is 0. The Morgan fingerprint density at radius 1 is 0.932 bits per heavy atom. The lowest BCUT2D eigenvalue weighted by molar-refractivity contribution is -0.316. The van der Waals surface area contributed by atoms with Crippen LogP contribution in [0.4, 0.5) is 0 Å². The summed E-state index contributed by atoms with van der Waals surface area (Å²) < 4.78 is 32.1. The maximum Gasteiger partial charge on any atom is 0.198 e. The molecule has 9 aliphatic rings. The van der Waals surface area contributed by atoms with Gasteiger partial charge in [0, 0.05) is 12.8 Å². The molecule has 8 nitrogen and oxygen atoms in total. The molecule has 4 heterocycles. The summed E-state index contributed by atoms with van der Waals surface area (Å²) in [5.41, 5.74) is 2.41. The van der Waals surface area contributed by atoms with Gasteiger partial charge in [-0.05, 0) is 96.7 Å². The van der Waals surface area contributed by atoms with Gasteiger partial charge < -0.3 is 39.0 Å². The van der Waals surface area contributed by atoms with E-state index in [1.54, 1.807) is 5.57 Å². The van der Waals surface area contributed by atoms with Crippen LogP contribution in [0.5, 0.6) is 0 Å². The van der Waals surface area contributed by atoms with E-state index in [0.717, 1.165) is 45.1 Å². The second-order valence-electron chi connectivity index (χ2n) is 18.1. The Hall–Kier alpha value is -0.580. The second kappa shape index (κ2) is 8.71. The lowest BCUT2D eigenvalue weighted by Gasteiger charge is -2.60. The van der Waals surface area contributed by atoms with Crippen LogP contribution in [0.25, 0.3) is 0 Å². The van der Waals surface area contributed by atoms with Gasteiger partial charge in [-0.3, -0.25) is 0 Å². The third kappa shape index (κ3) is 3.34. The molecule has 3 N–H and O–H groups in total. The van der Waals surface area contributed by atoms with Crippen LogP contribution in [0.2, 0.25) is 0 Å². The molecule has 246 valence electrons. The number of fused-ring (bicyclic) bond motifs is 6. The average Bonchev–Trinajstić information content (AvgIpc) is 3.82. The highest BCUT2D eigenvalue weighted by Gasteiger charge is 2.82. The van der Waals surface area contributed by atoms with E-state index in [4.69, 9.17) is 23.7 Å². The van der Waals surface area contributed by atoms with Crippen LogP contribution in [0.1, 0.15) is 99.3 Å². The summed E-state index contributed by atoms with van der Waals surface area (Å²) in [4.78, 5) is 0. The smallest absolute Gasteiger partial charge is 0.198 e. The Kier molecular flexibility index (Phi) is 5.85. The molecule has 44 heavy (non-hydrogen) atoms. The van der Waals surface area contributed by atoms with Crippen molar-refractivity contribution in [3.63, 3.8) is 0 Å². The van der Waals surface area contributed by atoms with Gasteiger partial charge in [-0.1, -0.05) is 46.3 Å². The summed E-state index contributed by atoms with van der Waals surface area (Å²) in [5, 5.41) is 30.8. The van der Waals surface area contributed by atoms with Crippen molar-refractivity contribution in [2.75, 3.05) is 13.2 Å². The number of hydrogen-bond acceptors (Lipinski definition) is 8. The fourth-order valence-corrected chi connectivity index (χ4v) is 13.6. The van der Waals surface area contributed by atoms with Crippen LogP contribution in [0.15, 0.2) is 11.6 Å². The molecule has 8 heteroatoms. The fourth-order valence-electron chi connectivity index (χ4n) is 13.6. The topological polar surface area (TPSA) is 110 Å². The number of epoxide rings is 1. The number of aliphatic hydroxyl groups is 3. The van der Waals surface area contributed by atoms with Gasteiger partial charge in [0.1, 0.15) is 24.4 Å². The summed E-state index contributed by atoms with van der Waals surface area (Å²) in [6, 6.07) is 0. The number of aliphatic hydroxyl groups excluding tert-OH is 3. The van der Waals surface area contributed by atoms with Crippen molar-refractivity contribution in [2.24, 2.45) is 44.8 Å². The summed E-state index contributed by atoms with van der Waals surface area (Å²) in [6.45, 7) is 15.3. The summed E-state index contributed by atoms with van der Waals surface area (Å²) in [6.07, 6.45) is 8.19. The van der Waals surface area contributed by atoms with Gasteiger partial charge in [0.2, 0.25) is 0 Å². The highest BCUT2D eigenvalue weighted by Crippen LogP contribution is 2.88. The first-order chi connectivity index (χ1) is 20.7. The zero-order valence-corrected chi connectivity index (χ0v) is 27.5. The lowest BCUT2D eigenvalue weighted by Crippen LogP contribution is -2.58. The number of ether oxygens (including phenoxy) is 5. The number of rotatable bonds is 2. The van der Waals surface area contributed by atoms with Crippen LogP contribution in [-0.4, -0.2) is 82.8 Å². The minimum absolute atomic E-state index is 0.0273. The van der Waals surface area contributed by atoms with Crippen molar-refractivity contribution in [1.82, 2.24) is 0 Å². The van der Waals surface area contributed by atoms with Crippen molar-refractivity contribution in [1.29, 1.82) is 0 Å². The Morgan fingerprint density at radius 2 is 1.73 bits per heavy atom. The van der Waals surface area contributed by atoms with Crippen LogP contribution >= 0.6 is 0 Å². The monoisotopic (exact) mass is 614 g/mol. The van der Waals surface area contributed by atoms with E-state index in [2.05, 4.69) is 47.6 Å². The molecule has 0 aromatic heterocycles. The number of allylic oxidation sites excluding steroid dienone is 2. The van der Waals surface area contributed by atoms with Crippen molar-refractivity contribution < 1.29 is 39.0 Å². The second-order valence-corrected chi connectivity index (χ2v) is 18.1. The zero-order valence-electron chi connectivity index (χ0n) is 27.5. The first-order valence-corrected chi connectivity index (χ1v) is 17.7. The van der Waals surface area contributed by atoms with Crippen molar-refractivity contribution in [3.05, 3.63) is 11.6 Å². The normalized spacial score (nSPS) is 63.2. The van der Waals surface area contributed by atoms with Gasteiger partial charge >= 0.3 is 0 Å². The third-order valence-corrected chi connectivity index (χ3v) is 16.0. The molecule has 0 aromatic carbocycles. The van der Waals surface area contributed by atoms with E-state index >= 15 is 0 Å². The van der Waals surface area contributed by atoms with Crippen molar-refractivity contribution >= 4 is 0 Å². The first kappa shape index (κ1) is 29.6. The molecule has 0 aromatic rings. The molecular formula is C36H54O8. The molecule has 8 fully saturated rings. The molecule has 4 saturated heterocycles. The molecule has 4 saturated carbocycles. The standard InChI is InChI=1S/C36H54O8/c1-19-15-36(29-33(6,44-29)13-14-41-36)43-21-16-32(5)23-8-7-22-30(2,3)24(42-28-27(39)26(38)20(37)17-40-28)9-10-34(22)18-35(23,34)12-11-31(32,4)25(19)21/h8,19-22,24-29,37-39H,7,9-18H2,1-6H3/t19-,20-,21+,22+,24+,25+,26+,27-,28+,29+,31-,32+,33+,34-,35+,36+/m1/s1. The fraction of sp³-hybridized carbons (Fsp3) is 0.944. The Labute approximate surface area is 262 Å². The molecule has 3 spiro atoms. The van der Waals surface area contributed by atoms with E-state index in [0.29, 0.717) is 23.2 Å². The van der Waals surface area contributed by atoms with Gasteiger partial charge in [0.25, 0.3) is 0 Å². The Morgan fingerprint density at radius 3 is 2.52 bits per heavy atom. The number of hydrogen-bond donors (Lipinski definition) is 3. The average molecular weight is 615 g/mol. The van der Waals surface area contributed by atoms with E-state index in [1.807, 2.05) is 0 Å².